The summed E-state index contributed by atoms with van der Waals surface area (Å²) in [6.07, 6.45) is 0. The van der Waals surface area contributed by atoms with Crippen LogP contribution in [0.4, 0.5) is 11.4 Å². The first-order chi connectivity index (χ1) is 15.5. The van der Waals surface area contributed by atoms with Crippen molar-refractivity contribution in [3.05, 3.63) is 109 Å². The SMILES string of the molecule is O=C1c2[nH]nc(-c3ccc(Br)cc3)c2C(c2ccccc2[N+](=O)[O-])N1c1ccc(Cl)cc1. The van der Waals surface area contributed by atoms with Crippen LogP contribution in [0.25, 0.3) is 11.3 Å². The fourth-order valence-corrected chi connectivity index (χ4v) is 4.41. The smallest absolute Gasteiger partial charge is 0.277 e. The molecule has 3 aromatic carbocycles. The first-order valence-electron chi connectivity index (χ1n) is 9.62. The molecule has 0 fully saturated rings. The maximum absolute atomic E-state index is 13.5. The maximum atomic E-state index is 13.5. The van der Waals surface area contributed by atoms with E-state index in [2.05, 4.69) is 26.1 Å². The number of halogens is 2. The predicted molar refractivity (Wildman–Crippen MR) is 125 cm³/mol. The van der Waals surface area contributed by atoms with Gasteiger partial charge in [0.15, 0.2) is 0 Å². The van der Waals surface area contributed by atoms with Crippen molar-refractivity contribution in [3.63, 3.8) is 0 Å². The fourth-order valence-electron chi connectivity index (χ4n) is 4.02. The van der Waals surface area contributed by atoms with Gasteiger partial charge in [0.25, 0.3) is 11.6 Å². The molecule has 1 N–H and O–H groups in total. The summed E-state index contributed by atoms with van der Waals surface area (Å²) in [5, 5.41) is 19.6. The van der Waals surface area contributed by atoms with E-state index in [0.717, 1.165) is 10.0 Å². The molecule has 2 heterocycles. The Bertz CT molecular complexity index is 1350. The minimum atomic E-state index is -0.738. The second kappa shape index (κ2) is 7.89. The first kappa shape index (κ1) is 20.4. The van der Waals surface area contributed by atoms with Gasteiger partial charge in [0.2, 0.25) is 0 Å². The molecule has 4 aromatic rings. The largest absolute Gasteiger partial charge is 0.295 e. The average molecular weight is 510 g/mol. The summed E-state index contributed by atoms with van der Waals surface area (Å²) in [4.78, 5) is 26.4. The van der Waals surface area contributed by atoms with Crippen molar-refractivity contribution in [3.8, 4) is 11.3 Å². The van der Waals surface area contributed by atoms with Gasteiger partial charge in [0, 0.05) is 32.4 Å². The van der Waals surface area contributed by atoms with Gasteiger partial charge in [-0.3, -0.25) is 24.9 Å². The van der Waals surface area contributed by atoms with Crippen LogP contribution in [0.2, 0.25) is 5.02 Å². The Balaban J connectivity index is 1.77. The highest BCUT2D eigenvalue weighted by atomic mass is 79.9. The number of amides is 1. The van der Waals surface area contributed by atoms with E-state index < -0.39 is 11.0 Å². The van der Waals surface area contributed by atoms with Crippen LogP contribution < -0.4 is 4.90 Å². The number of anilines is 1. The Kier molecular flexibility index (Phi) is 5.03. The van der Waals surface area contributed by atoms with Crippen molar-refractivity contribution in [1.29, 1.82) is 0 Å². The lowest BCUT2D eigenvalue weighted by Crippen LogP contribution is -2.29. The molecular weight excluding hydrogens is 496 g/mol. The summed E-state index contributed by atoms with van der Waals surface area (Å²) in [6, 6.07) is 20.0. The van der Waals surface area contributed by atoms with Gasteiger partial charge in [0.1, 0.15) is 5.69 Å². The highest BCUT2D eigenvalue weighted by Crippen LogP contribution is 2.47. The molecule has 9 heteroatoms. The van der Waals surface area contributed by atoms with Crippen molar-refractivity contribution >= 4 is 44.8 Å². The zero-order valence-electron chi connectivity index (χ0n) is 16.3. The molecule has 0 spiro atoms. The predicted octanol–water partition coefficient (Wildman–Crippen LogP) is 6.15. The Morgan fingerprint density at radius 2 is 1.72 bits per heavy atom. The third kappa shape index (κ3) is 3.28. The second-order valence-corrected chi connectivity index (χ2v) is 8.59. The number of nitrogens with zero attached hydrogens (tertiary/aromatic N) is 3. The molecule has 0 bridgehead atoms. The molecule has 0 aliphatic carbocycles. The summed E-state index contributed by atoms with van der Waals surface area (Å²) in [5.74, 6) is -0.318. The molecule has 1 amide bonds. The number of hydrogen-bond donors (Lipinski definition) is 1. The molecule has 1 aromatic heterocycles. The van der Waals surface area contributed by atoms with E-state index in [9.17, 15) is 14.9 Å². The van der Waals surface area contributed by atoms with E-state index >= 15 is 0 Å². The van der Waals surface area contributed by atoms with Crippen LogP contribution in [0.15, 0.2) is 77.3 Å². The van der Waals surface area contributed by atoms with Crippen molar-refractivity contribution in [2.75, 3.05) is 4.90 Å². The summed E-state index contributed by atoms with van der Waals surface area (Å²) in [7, 11) is 0. The molecule has 7 nitrogen and oxygen atoms in total. The highest BCUT2D eigenvalue weighted by Gasteiger charge is 2.45. The third-order valence-corrected chi connectivity index (χ3v) is 6.20. The first-order valence-corrected chi connectivity index (χ1v) is 10.8. The number of aromatic amines is 1. The number of carbonyl (C=O) groups is 1. The molecular formula is C23H14BrClN4O3. The number of nitro groups is 1. The Morgan fingerprint density at radius 1 is 1.03 bits per heavy atom. The zero-order chi connectivity index (χ0) is 22.4. The van der Waals surface area contributed by atoms with Gasteiger partial charge >= 0.3 is 0 Å². The van der Waals surface area contributed by atoms with Crippen LogP contribution in [0.3, 0.4) is 0 Å². The number of hydrogen-bond acceptors (Lipinski definition) is 4. The molecule has 0 radical (unpaired) electrons. The van der Waals surface area contributed by atoms with E-state index in [1.807, 2.05) is 24.3 Å². The van der Waals surface area contributed by atoms with E-state index in [0.29, 0.717) is 33.2 Å². The van der Waals surface area contributed by atoms with Gasteiger partial charge in [-0.05, 0) is 42.5 Å². The molecule has 32 heavy (non-hydrogen) atoms. The Hall–Kier alpha value is -3.49. The van der Waals surface area contributed by atoms with Crippen LogP contribution in [0.5, 0.6) is 0 Å². The highest BCUT2D eigenvalue weighted by molar-refractivity contribution is 9.10. The second-order valence-electron chi connectivity index (χ2n) is 7.24. The van der Waals surface area contributed by atoms with Crippen LogP contribution in [0, 0.1) is 10.1 Å². The molecule has 1 aliphatic rings. The molecule has 5 rings (SSSR count). The lowest BCUT2D eigenvalue weighted by molar-refractivity contribution is -0.385. The van der Waals surface area contributed by atoms with E-state index in [1.54, 1.807) is 47.4 Å². The Labute approximate surface area is 195 Å². The minimum absolute atomic E-state index is 0.0694. The molecule has 1 unspecified atom stereocenters. The topological polar surface area (TPSA) is 92.1 Å². The van der Waals surface area contributed by atoms with Gasteiger partial charge in [-0.2, -0.15) is 5.10 Å². The van der Waals surface area contributed by atoms with Crippen molar-refractivity contribution in [1.82, 2.24) is 10.2 Å². The van der Waals surface area contributed by atoms with Crippen molar-refractivity contribution < 1.29 is 9.72 Å². The molecule has 158 valence electrons. The average Bonchev–Trinajstić information content (AvgIpc) is 3.34. The number of benzene rings is 3. The number of carbonyl (C=O) groups excluding carboxylic acids is 1. The van der Waals surface area contributed by atoms with Crippen LogP contribution in [0.1, 0.15) is 27.7 Å². The lowest BCUT2D eigenvalue weighted by Gasteiger charge is -2.26. The standard InChI is InChI=1S/C23H14BrClN4O3/c24-14-7-5-13(6-8-14)20-19-21(27-26-20)23(30)28(16-11-9-15(25)10-12-16)22(19)17-3-1-2-4-18(17)29(31)32/h1-12,22H,(H,26,27). The molecule has 1 aliphatic heterocycles. The van der Waals surface area contributed by atoms with Gasteiger partial charge in [-0.1, -0.05) is 51.8 Å². The quantitative estimate of drug-likeness (QED) is 0.264. The van der Waals surface area contributed by atoms with Gasteiger partial charge in [-0.15, -0.1) is 0 Å². The third-order valence-electron chi connectivity index (χ3n) is 5.42. The van der Waals surface area contributed by atoms with Gasteiger partial charge < -0.3 is 0 Å². The summed E-state index contributed by atoms with van der Waals surface area (Å²) in [5.41, 5.74) is 3.18. The minimum Gasteiger partial charge on any atom is -0.295 e. The number of fused-ring (bicyclic) bond motifs is 1. The molecule has 1 atom stereocenters. The lowest BCUT2D eigenvalue weighted by atomic mass is 9.94. The fraction of sp³-hybridized carbons (Fsp3) is 0.0435. The maximum Gasteiger partial charge on any atom is 0.277 e. The number of aromatic nitrogens is 2. The number of para-hydroxylation sites is 1. The normalized spacial score (nSPS) is 15.1. The van der Waals surface area contributed by atoms with Crippen LogP contribution >= 0.6 is 27.5 Å². The monoisotopic (exact) mass is 508 g/mol. The molecule has 0 saturated carbocycles. The number of H-pyrrole nitrogens is 1. The molecule has 0 saturated heterocycles. The van der Waals surface area contributed by atoms with E-state index in [-0.39, 0.29) is 11.6 Å². The number of rotatable bonds is 4. The van der Waals surface area contributed by atoms with E-state index in [1.165, 1.54) is 6.07 Å². The Morgan fingerprint density at radius 3 is 2.41 bits per heavy atom. The van der Waals surface area contributed by atoms with Gasteiger partial charge in [0.05, 0.1) is 22.2 Å². The van der Waals surface area contributed by atoms with Crippen molar-refractivity contribution in [2.45, 2.75) is 6.04 Å². The number of nitrogens with one attached hydrogen (secondary N) is 1. The number of nitro benzene ring substituents is 1. The van der Waals surface area contributed by atoms with Gasteiger partial charge in [-0.25, -0.2) is 0 Å². The van der Waals surface area contributed by atoms with Crippen molar-refractivity contribution in [2.24, 2.45) is 0 Å². The summed E-state index contributed by atoms with van der Waals surface area (Å²) < 4.78 is 0.905. The van der Waals surface area contributed by atoms with Crippen LogP contribution in [-0.4, -0.2) is 21.0 Å². The summed E-state index contributed by atoms with van der Waals surface area (Å²) in [6.45, 7) is 0. The van der Waals surface area contributed by atoms with E-state index in [4.69, 9.17) is 11.6 Å². The summed E-state index contributed by atoms with van der Waals surface area (Å²) >= 11 is 9.47. The zero-order valence-corrected chi connectivity index (χ0v) is 18.7. The van der Waals surface area contributed by atoms with Crippen LogP contribution in [-0.2, 0) is 0 Å².